The molecule has 5 aromatic rings. The lowest BCUT2D eigenvalue weighted by Crippen LogP contribution is -2.39. The molecule has 1 N–H and O–H groups in total. The first-order valence-electron chi connectivity index (χ1n) is 10.6. The zero-order chi connectivity index (χ0) is 23.3. The molecule has 2 aromatic carbocycles. The number of aromatic nitrogens is 5. The highest BCUT2D eigenvalue weighted by Crippen LogP contribution is 2.32. The van der Waals surface area contributed by atoms with Crippen LogP contribution in [0.4, 0.5) is 0 Å². The summed E-state index contributed by atoms with van der Waals surface area (Å²) in [4.78, 5) is 30.9. The van der Waals surface area contributed by atoms with Crippen molar-refractivity contribution >= 4 is 28.5 Å². The number of aryl methyl sites for hydroxylation is 1. The van der Waals surface area contributed by atoms with E-state index in [1.807, 2.05) is 66.2 Å². The van der Waals surface area contributed by atoms with Gasteiger partial charge in [0.1, 0.15) is 0 Å². The summed E-state index contributed by atoms with van der Waals surface area (Å²) in [6.07, 6.45) is 2.17. The standard InChI is InChI=1S/C24H22ClN5O3/c1-15-17(25)10-6-11-18(15)30-19(16-8-4-3-5-9-16)14-29-20-21(26-23(29)30)27(2)24(33)28(22(20)32)12-7-13-31/h3-6,8-11,14,31H,7,12-13H2,1-2H3. The van der Waals surface area contributed by atoms with E-state index in [1.54, 1.807) is 11.4 Å². The number of hydrogen-bond acceptors (Lipinski definition) is 4. The molecule has 0 saturated heterocycles. The number of rotatable bonds is 5. The van der Waals surface area contributed by atoms with Gasteiger partial charge in [0.25, 0.3) is 5.56 Å². The maximum Gasteiger partial charge on any atom is 0.332 e. The smallest absolute Gasteiger partial charge is 0.332 e. The van der Waals surface area contributed by atoms with Crippen molar-refractivity contribution in [3.8, 4) is 16.9 Å². The summed E-state index contributed by atoms with van der Waals surface area (Å²) in [7, 11) is 1.60. The Kier molecular flexibility index (Phi) is 5.19. The van der Waals surface area contributed by atoms with E-state index < -0.39 is 11.2 Å². The number of nitrogens with zero attached hydrogens (tertiary/aromatic N) is 5. The van der Waals surface area contributed by atoms with Crippen molar-refractivity contribution in [2.75, 3.05) is 6.61 Å². The molecule has 0 aliphatic rings. The molecule has 0 amide bonds. The second-order valence-electron chi connectivity index (χ2n) is 7.93. The van der Waals surface area contributed by atoms with Crippen LogP contribution in [0.1, 0.15) is 12.0 Å². The van der Waals surface area contributed by atoms with Crippen molar-refractivity contribution in [2.24, 2.45) is 7.05 Å². The average Bonchev–Trinajstić information content (AvgIpc) is 3.37. The van der Waals surface area contributed by atoms with Gasteiger partial charge in [-0.2, -0.15) is 4.98 Å². The number of fused-ring (bicyclic) bond motifs is 3. The molecule has 0 spiro atoms. The van der Waals surface area contributed by atoms with Crippen molar-refractivity contribution in [3.05, 3.63) is 86.2 Å². The van der Waals surface area contributed by atoms with Crippen LogP contribution in [0.3, 0.4) is 0 Å². The molecule has 0 saturated carbocycles. The van der Waals surface area contributed by atoms with Gasteiger partial charge in [-0.1, -0.05) is 48.0 Å². The Balaban J connectivity index is 1.94. The first-order valence-corrected chi connectivity index (χ1v) is 11.0. The van der Waals surface area contributed by atoms with E-state index in [4.69, 9.17) is 16.6 Å². The van der Waals surface area contributed by atoms with Gasteiger partial charge in [0, 0.05) is 37.0 Å². The summed E-state index contributed by atoms with van der Waals surface area (Å²) in [6, 6.07) is 15.5. The summed E-state index contributed by atoms with van der Waals surface area (Å²) in [5.74, 6) is 0.501. The molecule has 0 bridgehead atoms. The predicted octanol–water partition coefficient (Wildman–Crippen LogP) is 3.15. The zero-order valence-corrected chi connectivity index (χ0v) is 19.0. The van der Waals surface area contributed by atoms with Gasteiger partial charge >= 0.3 is 5.69 Å². The van der Waals surface area contributed by atoms with Gasteiger partial charge in [-0.3, -0.25) is 22.9 Å². The van der Waals surface area contributed by atoms with Crippen LogP contribution in [0, 0.1) is 6.92 Å². The Morgan fingerprint density at radius 3 is 2.55 bits per heavy atom. The van der Waals surface area contributed by atoms with Crippen molar-refractivity contribution in [2.45, 2.75) is 19.9 Å². The van der Waals surface area contributed by atoms with E-state index in [2.05, 4.69) is 0 Å². The van der Waals surface area contributed by atoms with Crippen LogP contribution >= 0.6 is 11.6 Å². The molecule has 0 atom stereocenters. The van der Waals surface area contributed by atoms with E-state index in [-0.39, 0.29) is 13.2 Å². The number of hydrogen-bond donors (Lipinski definition) is 1. The van der Waals surface area contributed by atoms with Crippen LogP contribution in [0.2, 0.25) is 5.02 Å². The quantitative estimate of drug-likeness (QED) is 0.434. The van der Waals surface area contributed by atoms with Crippen LogP contribution in [0.25, 0.3) is 33.9 Å². The number of aliphatic hydroxyl groups excluding tert-OH is 1. The summed E-state index contributed by atoms with van der Waals surface area (Å²) < 4.78 is 6.21. The second kappa shape index (κ2) is 8.06. The fraction of sp³-hybridized carbons (Fsp3) is 0.208. The van der Waals surface area contributed by atoms with Crippen LogP contribution < -0.4 is 11.2 Å². The molecule has 33 heavy (non-hydrogen) atoms. The molecule has 3 heterocycles. The van der Waals surface area contributed by atoms with Crippen LogP contribution in [0.5, 0.6) is 0 Å². The molecule has 0 aliphatic heterocycles. The lowest BCUT2D eigenvalue weighted by molar-refractivity contribution is 0.277. The van der Waals surface area contributed by atoms with E-state index in [0.29, 0.717) is 28.4 Å². The second-order valence-corrected chi connectivity index (χ2v) is 8.34. The largest absolute Gasteiger partial charge is 0.396 e. The SMILES string of the molecule is Cc1c(Cl)cccc1-n1c(-c2ccccc2)cn2c3c(=O)n(CCCO)c(=O)n(C)c3nc12. The topological polar surface area (TPSA) is 86.5 Å². The molecule has 0 aliphatic carbocycles. The minimum atomic E-state index is -0.463. The third-order valence-corrected chi connectivity index (χ3v) is 6.35. The van der Waals surface area contributed by atoms with Gasteiger partial charge < -0.3 is 5.11 Å². The Labute approximate surface area is 193 Å². The fourth-order valence-corrected chi connectivity index (χ4v) is 4.38. The molecule has 0 unspecified atom stereocenters. The van der Waals surface area contributed by atoms with Crippen LogP contribution in [-0.4, -0.2) is 34.8 Å². The maximum atomic E-state index is 13.4. The number of imidazole rings is 2. The normalized spacial score (nSPS) is 11.6. The van der Waals surface area contributed by atoms with Gasteiger partial charge in [0.15, 0.2) is 11.2 Å². The predicted molar refractivity (Wildman–Crippen MR) is 128 cm³/mol. The number of benzene rings is 2. The zero-order valence-electron chi connectivity index (χ0n) is 18.2. The number of aliphatic hydroxyl groups is 1. The lowest BCUT2D eigenvalue weighted by atomic mass is 10.1. The minimum Gasteiger partial charge on any atom is -0.396 e. The summed E-state index contributed by atoms with van der Waals surface area (Å²) >= 11 is 6.44. The Bertz CT molecular complexity index is 1630. The Morgan fingerprint density at radius 1 is 1.06 bits per heavy atom. The maximum absolute atomic E-state index is 13.4. The molecular formula is C24H22ClN5O3. The lowest BCUT2D eigenvalue weighted by Gasteiger charge is -2.13. The van der Waals surface area contributed by atoms with Gasteiger partial charge in [-0.15, -0.1) is 0 Å². The Morgan fingerprint density at radius 2 is 1.82 bits per heavy atom. The average molecular weight is 464 g/mol. The highest BCUT2D eigenvalue weighted by atomic mass is 35.5. The van der Waals surface area contributed by atoms with Crippen molar-refractivity contribution in [1.82, 2.24) is 23.1 Å². The van der Waals surface area contributed by atoms with Gasteiger partial charge in [0.2, 0.25) is 5.78 Å². The molecular weight excluding hydrogens is 442 g/mol. The molecule has 5 rings (SSSR count). The molecule has 168 valence electrons. The molecule has 3 aromatic heterocycles. The third kappa shape index (κ3) is 3.21. The van der Waals surface area contributed by atoms with Gasteiger partial charge in [0.05, 0.1) is 11.4 Å². The van der Waals surface area contributed by atoms with Crippen molar-refractivity contribution in [3.63, 3.8) is 0 Å². The molecule has 8 nitrogen and oxygen atoms in total. The van der Waals surface area contributed by atoms with E-state index >= 15 is 0 Å². The summed E-state index contributed by atoms with van der Waals surface area (Å²) in [6.45, 7) is 1.95. The van der Waals surface area contributed by atoms with Crippen LogP contribution in [0.15, 0.2) is 64.3 Å². The van der Waals surface area contributed by atoms with E-state index in [1.165, 1.54) is 4.57 Å². The summed E-state index contributed by atoms with van der Waals surface area (Å²) in [5.41, 5.74) is 3.19. The van der Waals surface area contributed by atoms with Crippen molar-refractivity contribution in [1.29, 1.82) is 0 Å². The van der Waals surface area contributed by atoms with Gasteiger partial charge in [-0.25, -0.2) is 4.79 Å². The van der Waals surface area contributed by atoms with E-state index in [0.717, 1.165) is 27.1 Å². The Hall–Kier alpha value is -3.62. The molecule has 0 radical (unpaired) electrons. The van der Waals surface area contributed by atoms with Crippen molar-refractivity contribution < 1.29 is 5.11 Å². The fourth-order valence-electron chi connectivity index (χ4n) is 4.21. The monoisotopic (exact) mass is 463 g/mol. The number of halogens is 1. The highest BCUT2D eigenvalue weighted by Gasteiger charge is 2.23. The van der Waals surface area contributed by atoms with E-state index in [9.17, 15) is 14.7 Å². The molecule has 9 heteroatoms. The third-order valence-electron chi connectivity index (χ3n) is 5.94. The van der Waals surface area contributed by atoms with Gasteiger partial charge in [-0.05, 0) is 31.0 Å². The minimum absolute atomic E-state index is 0.113. The van der Waals surface area contributed by atoms with Crippen LogP contribution in [-0.2, 0) is 13.6 Å². The highest BCUT2D eigenvalue weighted by molar-refractivity contribution is 6.31. The first-order chi connectivity index (χ1) is 15.9. The molecule has 0 fully saturated rings. The summed E-state index contributed by atoms with van der Waals surface area (Å²) in [5, 5.41) is 9.83. The first kappa shape index (κ1) is 21.2.